The number of aromatic nitrogens is 1. The van der Waals surface area contributed by atoms with Crippen LogP contribution in [0.15, 0.2) is 218 Å². The Balaban J connectivity index is 1.17. The monoisotopic (exact) mass is 754 g/mol. The first-order valence-electron chi connectivity index (χ1n) is 23.0. The second kappa shape index (κ2) is 12.2. The Bertz CT molecular complexity index is 3870. The van der Waals surface area contributed by atoms with Crippen LogP contribution < -0.4 is 4.90 Å². The summed E-state index contributed by atoms with van der Waals surface area (Å²) in [6.45, 7) is 0. The molecule has 0 fully saturated rings. The Hall–Kier alpha value is -7.68. The molecule has 1 unspecified atom stereocenters. The van der Waals surface area contributed by atoms with Crippen LogP contribution in [0.3, 0.4) is 0 Å². The van der Waals surface area contributed by atoms with Crippen molar-refractivity contribution in [3.63, 3.8) is 0 Å². The summed E-state index contributed by atoms with van der Waals surface area (Å²) < 4.78 is 58.1. The first-order chi connectivity index (χ1) is 31.8. The fourth-order valence-corrected chi connectivity index (χ4v) is 10.4. The maximum atomic E-state index is 9.87. The molecule has 1 atom stereocenters. The Kier molecular flexibility index (Phi) is 5.57. The van der Waals surface area contributed by atoms with Crippen molar-refractivity contribution in [3.8, 4) is 27.9 Å². The molecule has 1 heterocycles. The van der Waals surface area contributed by atoms with Gasteiger partial charge in [0, 0.05) is 33.4 Å². The van der Waals surface area contributed by atoms with E-state index in [0.29, 0.717) is 16.5 Å². The maximum absolute atomic E-state index is 9.87. The minimum atomic E-state index is -1.18. The number of hydrogen-bond donors (Lipinski definition) is 0. The molecule has 0 bridgehead atoms. The number of fused-ring (bicyclic) bond motifs is 13. The molecule has 2 nitrogen and oxygen atoms in total. The van der Waals surface area contributed by atoms with Crippen molar-refractivity contribution in [2.24, 2.45) is 0 Å². The Labute approximate surface area is 350 Å². The summed E-state index contributed by atoms with van der Waals surface area (Å²) in [5.74, 6) is 0. The van der Waals surface area contributed by atoms with E-state index in [-0.39, 0.29) is 41.6 Å². The van der Waals surface area contributed by atoms with Gasteiger partial charge in [-0.1, -0.05) is 170 Å². The average Bonchev–Trinajstić information content (AvgIpc) is 3.83. The third kappa shape index (κ3) is 4.35. The van der Waals surface area contributed by atoms with Gasteiger partial charge in [0.15, 0.2) is 0 Å². The summed E-state index contributed by atoms with van der Waals surface area (Å²) >= 11 is 0. The molecule has 0 radical (unpaired) electrons. The zero-order valence-electron chi connectivity index (χ0n) is 37.7. The number of benzene rings is 10. The molecule has 0 amide bonds. The minimum absolute atomic E-state index is 0.117. The van der Waals surface area contributed by atoms with Gasteiger partial charge in [-0.2, -0.15) is 0 Å². The second-order valence-corrected chi connectivity index (χ2v) is 15.5. The third-order valence-electron chi connectivity index (χ3n) is 12.7. The highest BCUT2D eigenvalue weighted by Gasteiger charge is 2.51. The predicted molar refractivity (Wildman–Crippen MR) is 247 cm³/mol. The summed E-state index contributed by atoms with van der Waals surface area (Å²) in [7, 11) is 0. The van der Waals surface area contributed by atoms with Crippen LogP contribution in [-0.4, -0.2) is 4.57 Å². The van der Waals surface area contributed by atoms with Gasteiger partial charge >= 0.3 is 0 Å². The summed E-state index contributed by atoms with van der Waals surface area (Å²) in [6, 6.07) is 61.9. The maximum Gasteiger partial charge on any atom is 0.0726 e. The first-order valence-corrected chi connectivity index (χ1v) is 20.0. The van der Waals surface area contributed by atoms with Crippen LogP contribution >= 0.6 is 0 Å². The van der Waals surface area contributed by atoms with Crippen molar-refractivity contribution in [3.05, 3.63) is 240 Å². The summed E-state index contributed by atoms with van der Waals surface area (Å²) in [5.41, 5.74) is 11.1. The van der Waals surface area contributed by atoms with Gasteiger partial charge in [-0.25, -0.2) is 0 Å². The van der Waals surface area contributed by atoms with E-state index >= 15 is 0 Å². The molecule has 1 spiro atoms. The molecule has 1 aromatic heterocycles. The van der Waals surface area contributed by atoms with Crippen LogP contribution in [0, 0.1) is 0 Å². The van der Waals surface area contributed by atoms with Gasteiger partial charge in [0.25, 0.3) is 0 Å². The van der Waals surface area contributed by atoms with Crippen LogP contribution in [0.5, 0.6) is 0 Å². The van der Waals surface area contributed by atoms with Gasteiger partial charge in [0.1, 0.15) is 0 Å². The molecule has 11 aromatic rings. The second-order valence-electron chi connectivity index (χ2n) is 15.5. The highest BCUT2D eigenvalue weighted by atomic mass is 15.1. The molecule has 2 heteroatoms. The van der Waals surface area contributed by atoms with E-state index in [1.807, 2.05) is 36.4 Å². The molecule has 0 aliphatic heterocycles. The van der Waals surface area contributed by atoms with E-state index in [1.54, 1.807) is 0 Å². The van der Waals surface area contributed by atoms with E-state index in [2.05, 4.69) is 155 Å². The molecule has 59 heavy (non-hydrogen) atoms. The van der Waals surface area contributed by atoms with Gasteiger partial charge in [-0.3, -0.25) is 0 Å². The highest BCUT2D eigenvalue weighted by Crippen LogP contribution is 2.64. The summed E-state index contributed by atoms with van der Waals surface area (Å²) in [6.07, 6.45) is 0. The Morgan fingerprint density at radius 1 is 0.424 bits per heavy atom. The fourth-order valence-electron chi connectivity index (χ4n) is 10.4. The van der Waals surface area contributed by atoms with Gasteiger partial charge in [0.05, 0.1) is 30.4 Å². The van der Waals surface area contributed by atoms with Gasteiger partial charge in [-0.05, 0) is 109 Å². The normalized spacial score (nSPS) is 16.3. The van der Waals surface area contributed by atoms with Crippen molar-refractivity contribution < 1.29 is 8.22 Å². The topological polar surface area (TPSA) is 8.17 Å². The molecule has 13 rings (SSSR count). The van der Waals surface area contributed by atoms with Crippen LogP contribution in [-0.2, 0) is 5.41 Å². The molecular formula is C57H36N2. The van der Waals surface area contributed by atoms with Crippen molar-refractivity contribution in [1.29, 1.82) is 0 Å². The molecule has 274 valence electrons. The zero-order valence-corrected chi connectivity index (χ0v) is 31.7. The van der Waals surface area contributed by atoms with E-state index < -0.39 is 5.41 Å². The highest BCUT2D eigenvalue weighted by molar-refractivity contribution is 6.12. The van der Waals surface area contributed by atoms with Crippen LogP contribution in [0.2, 0.25) is 0 Å². The summed E-state index contributed by atoms with van der Waals surface area (Å²) in [4.78, 5) is 2.34. The molecular weight excluding hydrogens is 713 g/mol. The van der Waals surface area contributed by atoms with E-state index in [0.717, 1.165) is 88.7 Å². The van der Waals surface area contributed by atoms with E-state index in [9.17, 15) is 6.85 Å². The quantitative estimate of drug-likeness (QED) is 0.174. The van der Waals surface area contributed by atoms with Crippen LogP contribution in [0.25, 0.3) is 71.3 Å². The molecule has 0 N–H and O–H groups in total. The van der Waals surface area contributed by atoms with Gasteiger partial charge in [-0.15, -0.1) is 0 Å². The van der Waals surface area contributed by atoms with Crippen molar-refractivity contribution in [2.45, 2.75) is 5.41 Å². The number of rotatable bonds is 4. The first kappa shape index (κ1) is 27.0. The Morgan fingerprint density at radius 3 is 1.97 bits per heavy atom. The van der Waals surface area contributed by atoms with Gasteiger partial charge < -0.3 is 9.47 Å². The third-order valence-corrected chi connectivity index (χ3v) is 12.7. The SMILES string of the molecule is [2H]c1c([2H])c2c3c(c([2H])c([2H])c([2H])c3c1[2H])C1(c3ccccc3-c3c(N(c4ccc5ccccc5c4)c4ccc5c6ccccc6n(-c6ccccc6)c5c4)cccc31)c1ccccc1-2. The number of nitrogens with zero attached hydrogens (tertiary/aromatic N) is 2. The lowest BCUT2D eigenvalue weighted by molar-refractivity contribution is 0.773. The van der Waals surface area contributed by atoms with Crippen molar-refractivity contribution in [2.75, 3.05) is 4.90 Å². The molecule has 0 saturated carbocycles. The zero-order chi connectivity index (χ0) is 43.9. The van der Waals surface area contributed by atoms with Crippen molar-refractivity contribution in [1.82, 2.24) is 4.57 Å². The lowest BCUT2D eigenvalue weighted by Crippen LogP contribution is -2.31. The summed E-state index contributed by atoms with van der Waals surface area (Å²) in [5, 5.41) is 5.10. The largest absolute Gasteiger partial charge is 0.310 e. The fraction of sp³-hybridized carbons (Fsp3) is 0.0175. The molecule has 2 aliphatic rings. The Morgan fingerprint density at radius 2 is 1.08 bits per heavy atom. The van der Waals surface area contributed by atoms with Gasteiger partial charge in [0.2, 0.25) is 0 Å². The van der Waals surface area contributed by atoms with E-state index in [4.69, 9.17) is 1.37 Å². The lowest BCUT2D eigenvalue weighted by atomic mass is 9.61. The number of anilines is 3. The molecule has 10 aromatic carbocycles. The van der Waals surface area contributed by atoms with Crippen LogP contribution in [0.1, 0.15) is 30.5 Å². The number of hydrogen-bond acceptors (Lipinski definition) is 1. The molecule has 0 saturated heterocycles. The predicted octanol–water partition coefficient (Wildman–Crippen LogP) is 14.9. The average molecular weight is 755 g/mol. The number of para-hydroxylation sites is 2. The lowest BCUT2D eigenvalue weighted by Gasteiger charge is -2.40. The molecule has 2 aliphatic carbocycles. The smallest absolute Gasteiger partial charge is 0.0726 e. The minimum Gasteiger partial charge on any atom is -0.310 e. The van der Waals surface area contributed by atoms with Crippen LogP contribution in [0.4, 0.5) is 17.1 Å². The standard InChI is InChI=1S/C57H36N2/c1-2-19-40(20-3-1)59-52-29-11-8-22-44(52)45-34-33-42(36-54(45)59)58(41-32-31-37-15-4-5-16-39(37)35-41)53-30-14-28-51-56(53)47-23-7-10-26-49(47)57(51)48-25-9-6-21-43(48)46-24-12-17-38-18-13-27-50(57)55(38)46/h1-36H/i12D,13D,17D,18D,24D,27D. The van der Waals surface area contributed by atoms with E-state index in [1.165, 1.54) is 0 Å². The van der Waals surface area contributed by atoms with Crippen molar-refractivity contribution >= 4 is 60.4 Å².